The van der Waals surface area contributed by atoms with Crippen molar-refractivity contribution in [2.75, 3.05) is 32.2 Å². The molecule has 0 aromatic heterocycles. The van der Waals surface area contributed by atoms with Gasteiger partial charge in [-0.25, -0.2) is 0 Å². The maximum absolute atomic E-state index is 13.1. The summed E-state index contributed by atoms with van der Waals surface area (Å²) in [6, 6.07) is 22.8. The first-order valence-corrected chi connectivity index (χ1v) is 12.2. The molecule has 2 N–H and O–H groups in total. The molecule has 36 heavy (non-hydrogen) atoms. The Hall–Kier alpha value is -4.00. The van der Waals surface area contributed by atoms with Gasteiger partial charge in [-0.05, 0) is 55.7 Å². The van der Waals surface area contributed by atoms with Crippen LogP contribution >= 0.6 is 0 Å². The van der Waals surface area contributed by atoms with Crippen LogP contribution in [0.2, 0.25) is 0 Å². The molecule has 3 aromatic rings. The van der Waals surface area contributed by atoms with E-state index < -0.39 is 0 Å². The van der Waals surface area contributed by atoms with E-state index in [9.17, 15) is 9.59 Å². The molecule has 7 heteroatoms. The Morgan fingerprint density at radius 1 is 0.861 bits per heavy atom. The molecule has 4 rings (SSSR count). The van der Waals surface area contributed by atoms with Crippen molar-refractivity contribution in [2.45, 2.75) is 31.8 Å². The SMILES string of the molecule is COc1ccc(C(=O)NC2CCN(c3ccccc3C(=O)NC(C)c3ccccc3)CC2)cc1OC. The third-order valence-electron chi connectivity index (χ3n) is 6.61. The van der Waals surface area contributed by atoms with Crippen LogP contribution in [0.1, 0.15) is 52.1 Å². The molecule has 1 fully saturated rings. The number of carbonyl (C=O) groups excluding carboxylic acids is 2. The number of methoxy groups -OCH3 is 2. The van der Waals surface area contributed by atoms with Gasteiger partial charge in [0.15, 0.2) is 11.5 Å². The van der Waals surface area contributed by atoms with Gasteiger partial charge in [-0.15, -0.1) is 0 Å². The molecule has 0 aliphatic carbocycles. The number of anilines is 1. The number of rotatable bonds is 8. The number of hydrogen-bond acceptors (Lipinski definition) is 5. The zero-order valence-electron chi connectivity index (χ0n) is 21.0. The molecule has 1 saturated heterocycles. The van der Waals surface area contributed by atoms with Gasteiger partial charge in [0.25, 0.3) is 11.8 Å². The van der Waals surface area contributed by atoms with Crippen molar-refractivity contribution < 1.29 is 19.1 Å². The second kappa shape index (κ2) is 11.6. The zero-order valence-corrected chi connectivity index (χ0v) is 21.0. The number of para-hydroxylation sites is 1. The summed E-state index contributed by atoms with van der Waals surface area (Å²) < 4.78 is 10.6. The summed E-state index contributed by atoms with van der Waals surface area (Å²) in [6.07, 6.45) is 1.57. The summed E-state index contributed by atoms with van der Waals surface area (Å²) in [5.74, 6) is 0.884. The fraction of sp³-hybridized carbons (Fsp3) is 0.310. The van der Waals surface area contributed by atoms with Gasteiger partial charge in [-0.1, -0.05) is 42.5 Å². The van der Waals surface area contributed by atoms with Crippen molar-refractivity contribution in [1.82, 2.24) is 10.6 Å². The molecule has 1 atom stereocenters. The van der Waals surface area contributed by atoms with E-state index in [2.05, 4.69) is 15.5 Å². The van der Waals surface area contributed by atoms with Crippen LogP contribution < -0.4 is 25.0 Å². The molecular formula is C29H33N3O4. The summed E-state index contributed by atoms with van der Waals surface area (Å²) in [6.45, 7) is 3.48. The van der Waals surface area contributed by atoms with E-state index >= 15 is 0 Å². The van der Waals surface area contributed by atoms with E-state index in [1.54, 1.807) is 32.4 Å². The van der Waals surface area contributed by atoms with Crippen molar-refractivity contribution in [3.63, 3.8) is 0 Å². The summed E-state index contributed by atoms with van der Waals surface area (Å²) in [5, 5.41) is 6.26. The number of benzene rings is 3. The highest BCUT2D eigenvalue weighted by molar-refractivity contribution is 6.00. The van der Waals surface area contributed by atoms with Crippen LogP contribution in [0.15, 0.2) is 72.8 Å². The Bertz CT molecular complexity index is 1190. The lowest BCUT2D eigenvalue weighted by Crippen LogP contribution is -2.45. The first kappa shape index (κ1) is 25.1. The van der Waals surface area contributed by atoms with E-state index in [0.29, 0.717) is 22.6 Å². The quantitative estimate of drug-likeness (QED) is 0.486. The maximum Gasteiger partial charge on any atom is 0.253 e. The van der Waals surface area contributed by atoms with E-state index in [1.165, 1.54) is 0 Å². The van der Waals surface area contributed by atoms with Crippen LogP contribution in [0.4, 0.5) is 5.69 Å². The topological polar surface area (TPSA) is 79.9 Å². The Morgan fingerprint density at radius 2 is 1.53 bits per heavy atom. The third kappa shape index (κ3) is 5.79. The highest BCUT2D eigenvalue weighted by Gasteiger charge is 2.25. The van der Waals surface area contributed by atoms with Gasteiger partial charge in [0, 0.05) is 30.4 Å². The Morgan fingerprint density at radius 3 is 2.22 bits per heavy atom. The maximum atomic E-state index is 13.1. The minimum Gasteiger partial charge on any atom is -0.493 e. The van der Waals surface area contributed by atoms with E-state index in [-0.39, 0.29) is 23.9 Å². The highest BCUT2D eigenvalue weighted by Crippen LogP contribution is 2.28. The van der Waals surface area contributed by atoms with Crippen LogP contribution in [0.3, 0.4) is 0 Å². The minimum absolute atomic E-state index is 0.0564. The summed E-state index contributed by atoms with van der Waals surface area (Å²) in [5.41, 5.74) is 3.17. The normalized spacial score (nSPS) is 14.6. The van der Waals surface area contributed by atoms with Crippen LogP contribution in [0.25, 0.3) is 0 Å². The van der Waals surface area contributed by atoms with Gasteiger partial charge in [-0.2, -0.15) is 0 Å². The second-order valence-electron chi connectivity index (χ2n) is 8.93. The molecule has 0 bridgehead atoms. The largest absolute Gasteiger partial charge is 0.493 e. The van der Waals surface area contributed by atoms with Crippen LogP contribution in [0, 0.1) is 0 Å². The molecule has 1 unspecified atom stereocenters. The molecule has 188 valence electrons. The van der Waals surface area contributed by atoms with Crippen LogP contribution in [-0.2, 0) is 0 Å². The molecule has 2 amide bonds. The molecule has 0 saturated carbocycles. The number of nitrogens with one attached hydrogen (secondary N) is 2. The Kier molecular flexibility index (Phi) is 8.10. The van der Waals surface area contributed by atoms with Gasteiger partial charge in [0.05, 0.1) is 25.8 Å². The fourth-order valence-electron chi connectivity index (χ4n) is 4.55. The fourth-order valence-corrected chi connectivity index (χ4v) is 4.55. The Balaban J connectivity index is 1.37. The van der Waals surface area contributed by atoms with Gasteiger partial charge >= 0.3 is 0 Å². The molecule has 1 aliphatic heterocycles. The first-order valence-electron chi connectivity index (χ1n) is 12.2. The molecular weight excluding hydrogens is 454 g/mol. The summed E-state index contributed by atoms with van der Waals surface area (Å²) in [7, 11) is 3.12. The number of piperidine rings is 1. The van der Waals surface area contributed by atoms with Crippen molar-refractivity contribution in [1.29, 1.82) is 0 Å². The van der Waals surface area contributed by atoms with Crippen LogP contribution in [-0.4, -0.2) is 45.2 Å². The first-order chi connectivity index (χ1) is 17.5. The van der Waals surface area contributed by atoms with E-state index in [0.717, 1.165) is 37.2 Å². The molecule has 7 nitrogen and oxygen atoms in total. The van der Waals surface area contributed by atoms with Crippen molar-refractivity contribution >= 4 is 17.5 Å². The second-order valence-corrected chi connectivity index (χ2v) is 8.93. The monoisotopic (exact) mass is 487 g/mol. The molecule has 0 radical (unpaired) electrons. The van der Waals surface area contributed by atoms with Gasteiger partial charge in [0.1, 0.15) is 0 Å². The van der Waals surface area contributed by atoms with Gasteiger partial charge < -0.3 is 25.0 Å². The number of ether oxygens (including phenoxy) is 2. The minimum atomic E-state index is -0.135. The predicted octanol–water partition coefficient (Wildman–Crippen LogP) is 4.59. The average molecular weight is 488 g/mol. The van der Waals surface area contributed by atoms with E-state index in [4.69, 9.17) is 9.47 Å². The van der Waals surface area contributed by atoms with Gasteiger partial charge in [-0.3, -0.25) is 9.59 Å². The molecule has 1 aliphatic rings. The summed E-state index contributed by atoms with van der Waals surface area (Å²) >= 11 is 0. The van der Waals surface area contributed by atoms with Crippen molar-refractivity contribution in [2.24, 2.45) is 0 Å². The van der Waals surface area contributed by atoms with Crippen molar-refractivity contribution in [3.8, 4) is 11.5 Å². The third-order valence-corrected chi connectivity index (χ3v) is 6.61. The number of amides is 2. The lowest BCUT2D eigenvalue weighted by molar-refractivity contribution is 0.0927. The smallest absolute Gasteiger partial charge is 0.253 e. The number of nitrogens with zero attached hydrogens (tertiary/aromatic N) is 1. The number of hydrogen-bond donors (Lipinski definition) is 2. The predicted molar refractivity (Wildman–Crippen MR) is 141 cm³/mol. The molecule has 0 spiro atoms. The standard InChI is InChI=1S/C29H33N3O4/c1-20(21-9-5-4-6-10-21)30-29(34)24-11-7-8-12-25(24)32-17-15-23(16-18-32)31-28(33)22-13-14-26(35-2)27(19-22)36-3/h4-14,19-20,23H,15-18H2,1-3H3,(H,30,34)(H,31,33). The molecule has 1 heterocycles. The number of carbonyl (C=O) groups is 2. The van der Waals surface area contributed by atoms with Gasteiger partial charge in [0.2, 0.25) is 0 Å². The average Bonchev–Trinajstić information content (AvgIpc) is 2.93. The van der Waals surface area contributed by atoms with Crippen molar-refractivity contribution in [3.05, 3.63) is 89.5 Å². The lowest BCUT2D eigenvalue weighted by atomic mass is 10.0. The molecule has 3 aromatic carbocycles. The summed E-state index contributed by atoms with van der Waals surface area (Å²) in [4.78, 5) is 28.2. The van der Waals surface area contributed by atoms with E-state index in [1.807, 2.05) is 61.5 Å². The Labute approximate surface area is 212 Å². The lowest BCUT2D eigenvalue weighted by Gasteiger charge is -2.35. The van der Waals surface area contributed by atoms with Crippen LogP contribution in [0.5, 0.6) is 11.5 Å². The zero-order chi connectivity index (χ0) is 25.5. The highest BCUT2D eigenvalue weighted by atomic mass is 16.5.